The van der Waals surface area contributed by atoms with E-state index < -0.39 is 6.04 Å². The van der Waals surface area contributed by atoms with E-state index in [0.29, 0.717) is 18.0 Å². The highest BCUT2D eigenvalue weighted by Crippen LogP contribution is 2.21. The molecule has 0 unspecified atom stereocenters. The number of hydrogen-bond donors (Lipinski definition) is 1. The van der Waals surface area contributed by atoms with Gasteiger partial charge in [-0.15, -0.1) is 0 Å². The van der Waals surface area contributed by atoms with Crippen molar-refractivity contribution in [3.63, 3.8) is 0 Å². The summed E-state index contributed by atoms with van der Waals surface area (Å²) in [5, 5.41) is 3.63. The zero-order valence-corrected chi connectivity index (χ0v) is 19.4. The Morgan fingerprint density at radius 2 is 1.67 bits per heavy atom. The summed E-state index contributed by atoms with van der Waals surface area (Å²) < 4.78 is 0. The van der Waals surface area contributed by atoms with Gasteiger partial charge in [0, 0.05) is 17.6 Å². The van der Waals surface area contributed by atoms with Crippen molar-refractivity contribution in [1.82, 2.24) is 10.2 Å². The highest BCUT2D eigenvalue weighted by Gasteiger charge is 2.29. The van der Waals surface area contributed by atoms with E-state index in [-0.39, 0.29) is 24.3 Å². The summed E-state index contributed by atoms with van der Waals surface area (Å²) in [6, 6.07) is 13.1. The van der Waals surface area contributed by atoms with E-state index >= 15 is 0 Å². The minimum atomic E-state index is -0.548. The first-order valence-electron chi connectivity index (χ1n) is 10.7. The average molecular weight is 429 g/mol. The molecule has 0 fully saturated rings. The first-order valence-corrected chi connectivity index (χ1v) is 11.0. The Morgan fingerprint density at radius 3 is 2.23 bits per heavy atom. The van der Waals surface area contributed by atoms with Crippen LogP contribution in [0.1, 0.15) is 55.9 Å². The Labute approximate surface area is 185 Å². The molecule has 162 valence electrons. The molecule has 0 radical (unpaired) electrons. The van der Waals surface area contributed by atoms with Gasteiger partial charge in [-0.05, 0) is 50.8 Å². The molecule has 0 heterocycles. The lowest BCUT2D eigenvalue weighted by atomic mass is 10.0. The molecule has 0 aliphatic heterocycles. The average Bonchev–Trinajstić information content (AvgIpc) is 2.68. The molecule has 0 aliphatic carbocycles. The molecule has 2 aromatic rings. The summed E-state index contributed by atoms with van der Waals surface area (Å²) >= 11 is 6.37. The van der Waals surface area contributed by atoms with Crippen LogP contribution in [0.15, 0.2) is 42.5 Å². The fourth-order valence-corrected chi connectivity index (χ4v) is 3.81. The van der Waals surface area contributed by atoms with Gasteiger partial charge >= 0.3 is 0 Å². The van der Waals surface area contributed by atoms with Crippen molar-refractivity contribution >= 4 is 23.4 Å². The van der Waals surface area contributed by atoms with E-state index in [1.165, 1.54) is 0 Å². The van der Waals surface area contributed by atoms with Crippen molar-refractivity contribution in [3.05, 3.63) is 69.7 Å². The standard InChI is InChI=1S/C25H33ClN2O2/c1-6-19(5)27-25(30)23(7-2)28(16-21-10-8-9-11-22(21)26)24(29)15-20-13-17(3)12-18(4)14-20/h8-14,19,23H,6-7,15-16H2,1-5H3,(H,27,30)/t19-,23-/m0/s1. The number of benzene rings is 2. The van der Waals surface area contributed by atoms with Crippen LogP contribution in [-0.2, 0) is 22.6 Å². The van der Waals surface area contributed by atoms with Crippen LogP contribution in [-0.4, -0.2) is 28.8 Å². The van der Waals surface area contributed by atoms with Gasteiger partial charge < -0.3 is 10.2 Å². The number of rotatable bonds is 9. The third-order valence-electron chi connectivity index (χ3n) is 5.32. The van der Waals surface area contributed by atoms with Crippen LogP contribution < -0.4 is 5.32 Å². The number of aryl methyl sites for hydroxylation is 2. The first kappa shape index (κ1) is 23.9. The van der Waals surface area contributed by atoms with Gasteiger partial charge in [-0.25, -0.2) is 0 Å². The highest BCUT2D eigenvalue weighted by atomic mass is 35.5. The topological polar surface area (TPSA) is 49.4 Å². The smallest absolute Gasteiger partial charge is 0.243 e. The van der Waals surface area contributed by atoms with Gasteiger partial charge in [0.15, 0.2) is 0 Å². The molecular formula is C25H33ClN2O2. The zero-order valence-electron chi connectivity index (χ0n) is 18.7. The summed E-state index contributed by atoms with van der Waals surface area (Å²) in [5.41, 5.74) is 4.04. The normalized spacial score (nSPS) is 12.9. The molecule has 5 heteroatoms. The third-order valence-corrected chi connectivity index (χ3v) is 5.69. The van der Waals surface area contributed by atoms with Crippen molar-refractivity contribution in [2.24, 2.45) is 0 Å². The Morgan fingerprint density at radius 1 is 1.03 bits per heavy atom. The van der Waals surface area contributed by atoms with Crippen molar-refractivity contribution in [1.29, 1.82) is 0 Å². The lowest BCUT2D eigenvalue weighted by Gasteiger charge is -2.32. The monoisotopic (exact) mass is 428 g/mol. The molecule has 2 amide bonds. The van der Waals surface area contributed by atoms with E-state index in [0.717, 1.165) is 28.7 Å². The quantitative estimate of drug-likeness (QED) is 0.595. The molecule has 0 saturated carbocycles. The van der Waals surface area contributed by atoms with Gasteiger partial charge in [0.2, 0.25) is 11.8 Å². The van der Waals surface area contributed by atoms with Crippen LogP contribution in [0.4, 0.5) is 0 Å². The van der Waals surface area contributed by atoms with Crippen molar-refractivity contribution in [2.75, 3.05) is 0 Å². The van der Waals surface area contributed by atoms with Gasteiger partial charge in [-0.2, -0.15) is 0 Å². The fourth-order valence-electron chi connectivity index (χ4n) is 3.62. The molecule has 0 spiro atoms. The summed E-state index contributed by atoms with van der Waals surface area (Å²) in [6.45, 7) is 10.3. The SMILES string of the molecule is CC[C@H](C)NC(=O)[C@H](CC)N(Cc1ccccc1Cl)C(=O)Cc1cc(C)cc(C)c1. The summed E-state index contributed by atoms with van der Waals surface area (Å²) in [6.07, 6.45) is 1.62. The second-order valence-corrected chi connectivity index (χ2v) is 8.43. The van der Waals surface area contributed by atoms with Crippen LogP contribution >= 0.6 is 11.6 Å². The number of nitrogens with zero attached hydrogens (tertiary/aromatic N) is 1. The number of halogens is 1. The van der Waals surface area contributed by atoms with Gasteiger partial charge in [-0.3, -0.25) is 9.59 Å². The van der Waals surface area contributed by atoms with Crippen LogP contribution in [0, 0.1) is 13.8 Å². The van der Waals surface area contributed by atoms with E-state index in [4.69, 9.17) is 11.6 Å². The van der Waals surface area contributed by atoms with E-state index in [1.807, 2.05) is 71.0 Å². The molecule has 2 rings (SSSR count). The van der Waals surface area contributed by atoms with Gasteiger partial charge in [0.25, 0.3) is 0 Å². The second kappa shape index (κ2) is 11.2. The largest absolute Gasteiger partial charge is 0.352 e. The summed E-state index contributed by atoms with van der Waals surface area (Å²) in [7, 11) is 0. The Balaban J connectivity index is 2.34. The highest BCUT2D eigenvalue weighted by molar-refractivity contribution is 6.31. The molecule has 30 heavy (non-hydrogen) atoms. The molecule has 0 saturated heterocycles. The second-order valence-electron chi connectivity index (χ2n) is 8.03. The van der Waals surface area contributed by atoms with Gasteiger partial charge in [0.1, 0.15) is 6.04 Å². The van der Waals surface area contributed by atoms with Gasteiger partial charge in [0.05, 0.1) is 6.42 Å². The van der Waals surface area contributed by atoms with Crippen LogP contribution in [0.3, 0.4) is 0 Å². The molecule has 1 N–H and O–H groups in total. The molecule has 4 nitrogen and oxygen atoms in total. The number of hydrogen-bond acceptors (Lipinski definition) is 2. The molecular weight excluding hydrogens is 396 g/mol. The van der Waals surface area contributed by atoms with Gasteiger partial charge in [-0.1, -0.05) is 73.0 Å². The first-order chi connectivity index (χ1) is 14.2. The van der Waals surface area contributed by atoms with Crippen molar-refractivity contribution < 1.29 is 9.59 Å². The lowest BCUT2D eigenvalue weighted by molar-refractivity contribution is -0.141. The molecule has 0 aliphatic rings. The predicted octanol–water partition coefficient (Wildman–Crippen LogP) is 5.22. The van der Waals surface area contributed by atoms with Crippen molar-refractivity contribution in [3.8, 4) is 0 Å². The number of amides is 2. The Bertz CT molecular complexity index is 861. The minimum absolute atomic E-state index is 0.0586. The van der Waals surface area contributed by atoms with Crippen LogP contribution in [0.25, 0.3) is 0 Å². The number of nitrogens with one attached hydrogen (secondary N) is 1. The fraction of sp³-hybridized carbons (Fsp3) is 0.440. The lowest BCUT2D eigenvalue weighted by Crippen LogP contribution is -2.51. The predicted molar refractivity (Wildman–Crippen MR) is 124 cm³/mol. The molecule has 0 aromatic heterocycles. The van der Waals surface area contributed by atoms with Crippen molar-refractivity contribution in [2.45, 2.75) is 72.5 Å². The summed E-state index contributed by atoms with van der Waals surface area (Å²) in [5.74, 6) is -0.196. The van der Waals surface area contributed by atoms with Crippen LogP contribution in [0.2, 0.25) is 5.02 Å². The summed E-state index contributed by atoms with van der Waals surface area (Å²) in [4.78, 5) is 28.1. The molecule has 2 aromatic carbocycles. The van der Waals surface area contributed by atoms with E-state index in [2.05, 4.69) is 11.4 Å². The molecule has 0 bridgehead atoms. The zero-order chi connectivity index (χ0) is 22.3. The Hall–Kier alpha value is -2.33. The third kappa shape index (κ3) is 6.60. The minimum Gasteiger partial charge on any atom is -0.352 e. The molecule has 2 atom stereocenters. The van der Waals surface area contributed by atoms with Crippen LogP contribution in [0.5, 0.6) is 0 Å². The maximum absolute atomic E-state index is 13.4. The number of carbonyl (C=O) groups excluding carboxylic acids is 2. The maximum atomic E-state index is 13.4. The number of carbonyl (C=O) groups is 2. The van der Waals surface area contributed by atoms with E-state index in [1.54, 1.807) is 4.90 Å². The maximum Gasteiger partial charge on any atom is 0.243 e. The van der Waals surface area contributed by atoms with E-state index in [9.17, 15) is 9.59 Å². The Kier molecular flexibility index (Phi) is 8.91.